The van der Waals surface area contributed by atoms with E-state index in [0.29, 0.717) is 23.6 Å². The first-order valence-electron chi connectivity index (χ1n) is 8.37. The summed E-state index contributed by atoms with van der Waals surface area (Å²) < 4.78 is 35.4. The van der Waals surface area contributed by atoms with Gasteiger partial charge < -0.3 is 4.74 Å². The van der Waals surface area contributed by atoms with Crippen LogP contribution in [-0.2, 0) is 10.0 Å². The summed E-state index contributed by atoms with van der Waals surface area (Å²) in [6.07, 6.45) is 2.44. The van der Waals surface area contributed by atoms with Crippen LogP contribution < -0.4 is 9.46 Å². The number of sulfonamides is 1. The SMILES string of the molecule is COc1ccc(S(=O)(=O)NC(CC(C)C)c2nnc3ccccn23)cc1. The van der Waals surface area contributed by atoms with Crippen LogP contribution in [0, 0.1) is 5.92 Å². The number of fused-ring (bicyclic) bond motifs is 1. The van der Waals surface area contributed by atoms with Gasteiger partial charge in [0.15, 0.2) is 11.5 Å². The van der Waals surface area contributed by atoms with E-state index in [0.717, 1.165) is 0 Å². The molecule has 0 radical (unpaired) electrons. The van der Waals surface area contributed by atoms with E-state index in [9.17, 15) is 8.42 Å². The van der Waals surface area contributed by atoms with E-state index in [4.69, 9.17) is 4.74 Å². The molecule has 0 saturated carbocycles. The molecule has 0 aliphatic carbocycles. The first kappa shape index (κ1) is 18.3. The lowest BCUT2D eigenvalue weighted by molar-refractivity contribution is 0.414. The van der Waals surface area contributed by atoms with Crippen molar-refractivity contribution < 1.29 is 13.2 Å². The van der Waals surface area contributed by atoms with E-state index in [1.165, 1.54) is 19.2 Å². The zero-order chi connectivity index (χ0) is 18.7. The van der Waals surface area contributed by atoms with E-state index in [2.05, 4.69) is 14.9 Å². The Labute approximate surface area is 153 Å². The molecule has 3 aromatic rings. The molecule has 0 amide bonds. The molecule has 0 spiro atoms. The van der Waals surface area contributed by atoms with Crippen LogP contribution in [0.2, 0.25) is 0 Å². The van der Waals surface area contributed by atoms with Crippen molar-refractivity contribution in [2.24, 2.45) is 5.92 Å². The van der Waals surface area contributed by atoms with Gasteiger partial charge in [-0.2, -0.15) is 0 Å². The summed E-state index contributed by atoms with van der Waals surface area (Å²) in [5.74, 6) is 1.45. The number of hydrogen-bond acceptors (Lipinski definition) is 5. The van der Waals surface area contributed by atoms with Gasteiger partial charge in [0.05, 0.1) is 18.0 Å². The fourth-order valence-electron chi connectivity index (χ4n) is 2.79. The summed E-state index contributed by atoms with van der Waals surface area (Å²) in [6, 6.07) is 11.4. The average molecular weight is 374 g/mol. The van der Waals surface area contributed by atoms with Crippen LogP contribution in [0.25, 0.3) is 5.65 Å². The number of nitrogens with zero attached hydrogens (tertiary/aromatic N) is 3. The molecule has 0 aliphatic rings. The molecule has 2 heterocycles. The summed E-state index contributed by atoms with van der Waals surface area (Å²) in [7, 11) is -2.17. The van der Waals surface area contributed by atoms with Gasteiger partial charge in [-0.25, -0.2) is 13.1 Å². The van der Waals surface area contributed by atoms with Gasteiger partial charge in [-0.05, 0) is 48.7 Å². The molecule has 1 unspecified atom stereocenters. The van der Waals surface area contributed by atoms with Crippen LogP contribution in [0.15, 0.2) is 53.6 Å². The maximum Gasteiger partial charge on any atom is 0.241 e. The number of nitrogens with one attached hydrogen (secondary N) is 1. The van der Waals surface area contributed by atoms with Crippen molar-refractivity contribution in [2.45, 2.75) is 31.2 Å². The lowest BCUT2D eigenvalue weighted by atomic mass is 10.0. The van der Waals surface area contributed by atoms with E-state index >= 15 is 0 Å². The highest BCUT2D eigenvalue weighted by molar-refractivity contribution is 7.89. The molecule has 1 aromatic carbocycles. The second-order valence-electron chi connectivity index (χ2n) is 6.47. The Kier molecular flexibility index (Phi) is 5.24. The van der Waals surface area contributed by atoms with Gasteiger partial charge >= 0.3 is 0 Å². The first-order chi connectivity index (χ1) is 12.4. The van der Waals surface area contributed by atoms with Crippen LogP contribution in [0.1, 0.15) is 32.1 Å². The highest BCUT2D eigenvalue weighted by atomic mass is 32.2. The molecule has 0 saturated heterocycles. The Morgan fingerprint density at radius 1 is 1.12 bits per heavy atom. The van der Waals surface area contributed by atoms with Crippen LogP contribution in [0.3, 0.4) is 0 Å². The predicted octanol–water partition coefficient (Wildman–Crippen LogP) is 2.80. The lowest BCUT2D eigenvalue weighted by Gasteiger charge is -2.19. The van der Waals surface area contributed by atoms with Gasteiger partial charge in [0.2, 0.25) is 10.0 Å². The molecule has 8 heteroatoms. The predicted molar refractivity (Wildman–Crippen MR) is 98.5 cm³/mol. The van der Waals surface area contributed by atoms with E-state index < -0.39 is 16.1 Å². The maximum absolute atomic E-state index is 12.8. The molecule has 0 bridgehead atoms. The zero-order valence-corrected chi connectivity index (χ0v) is 15.8. The van der Waals surface area contributed by atoms with Gasteiger partial charge in [-0.1, -0.05) is 19.9 Å². The van der Waals surface area contributed by atoms with Gasteiger partial charge in [-0.3, -0.25) is 4.40 Å². The Morgan fingerprint density at radius 2 is 1.85 bits per heavy atom. The number of methoxy groups -OCH3 is 1. The topological polar surface area (TPSA) is 85.6 Å². The lowest BCUT2D eigenvalue weighted by Crippen LogP contribution is -2.31. The minimum atomic E-state index is -3.71. The molecule has 1 atom stereocenters. The maximum atomic E-state index is 12.8. The van der Waals surface area contributed by atoms with Gasteiger partial charge in [0.25, 0.3) is 0 Å². The highest BCUT2D eigenvalue weighted by Crippen LogP contribution is 2.24. The van der Waals surface area contributed by atoms with Gasteiger partial charge in [0, 0.05) is 6.20 Å². The molecule has 2 aromatic heterocycles. The molecule has 3 rings (SSSR count). The fraction of sp³-hybridized carbons (Fsp3) is 0.333. The standard InChI is InChI=1S/C18H22N4O3S/c1-13(2)12-16(18-20-19-17-6-4-5-11-22(17)18)21-26(23,24)15-9-7-14(25-3)8-10-15/h4-11,13,16,21H,12H2,1-3H3. The van der Waals surface area contributed by atoms with E-state index in [-0.39, 0.29) is 10.8 Å². The minimum Gasteiger partial charge on any atom is -0.497 e. The first-order valence-corrected chi connectivity index (χ1v) is 9.85. The molecule has 1 N–H and O–H groups in total. The second kappa shape index (κ2) is 7.43. The van der Waals surface area contributed by atoms with Crippen molar-refractivity contribution in [3.63, 3.8) is 0 Å². The molecular weight excluding hydrogens is 352 g/mol. The summed E-state index contributed by atoms with van der Waals surface area (Å²) in [5, 5.41) is 8.35. The third-order valence-corrected chi connectivity index (χ3v) is 5.51. The van der Waals surface area contributed by atoms with E-state index in [1.807, 2.05) is 42.6 Å². The number of hydrogen-bond donors (Lipinski definition) is 1. The molecular formula is C18H22N4O3S. The quantitative estimate of drug-likeness (QED) is 0.687. The number of rotatable bonds is 7. The van der Waals surface area contributed by atoms with Crippen molar-refractivity contribution >= 4 is 15.7 Å². The average Bonchev–Trinajstić information content (AvgIpc) is 3.05. The monoisotopic (exact) mass is 374 g/mol. The van der Waals surface area contributed by atoms with Crippen molar-refractivity contribution in [3.05, 3.63) is 54.5 Å². The van der Waals surface area contributed by atoms with Gasteiger partial charge in [-0.15, -0.1) is 10.2 Å². The molecule has 0 aliphatic heterocycles. The molecule has 138 valence electrons. The fourth-order valence-corrected chi connectivity index (χ4v) is 3.99. The smallest absolute Gasteiger partial charge is 0.241 e. The third-order valence-electron chi connectivity index (χ3n) is 4.03. The number of ether oxygens (including phenoxy) is 1. The number of benzene rings is 1. The van der Waals surface area contributed by atoms with Crippen molar-refractivity contribution in [3.8, 4) is 5.75 Å². The Hall–Kier alpha value is -2.45. The Balaban J connectivity index is 1.95. The summed E-state index contributed by atoms with van der Waals surface area (Å²) in [5.41, 5.74) is 0.680. The van der Waals surface area contributed by atoms with Crippen molar-refractivity contribution in [1.29, 1.82) is 0 Å². The highest BCUT2D eigenvalue weighted by Gasteiger charge is 2.26. The number of aromatic nitrogens is 3. The third kappa shape index (κ3) is 3.86. The van der Waals surface area contributed by atoms with Gasteiger partial charge in [0.1, 0.15) is 5.75 Å². The second-order valence-corrected chi connectivity index (χ2v) is 8.18. The molecule has 7 nitrogen and oxygen atoms in total. The molecule has 0 fully saturated rings. The summed E-state index contributed by atoms with van der Waals surface area (Å²) in [4.78, 5) is 0.181. The minimum absolute atomic E-state index is 0.181. The van der Waals surface area contributed by atoms with Crippen molar-refractivity contribution in [2.75, 3.05) is 7.11 Å². The normalized spacial score (nSPS) is 13.2. The zero-order valence-electron chi connectivity index (χ0n) is 15.0. The largest absolute Gasteiger partial charge is 0.497 e. The van der Waals surface area contributed by atoms with E-state index in [1.54, 1.807) is 12.1 Å². The van der Waals surface area contributed by atoms with Crippen LogP contribution >= 0.6 is 0 Å². The van der Waals surface area contributed by atoms with Crippen LogP contribution in [0.4, 0.5) is 0 Å². The molecule has 26 heavy (non-hydrogen) atoms. The van der Waals surface area contributed by atoms with Crippen molar-refractivity contribution in [1.82, 2.24) is 19.3 Å². The van der Waals surface area contributed by atoms with Crippen LogP contribution in [-0.4, -0.2) is 30.1 Å². The summed E-state index contributed by atoms with van der Waals surface area (Å²) >= 11 is 0. The Morgan fingerprint density at radius 3 is 2.50 bits per heavy atom. The number of pyridine rings is 1. The summed E-state index contributed by atoms with van der Waals surface area (Å²) in [6.45, 7) is 4.08. The van der Waals surface area contributed by atoms with Crippen LogP contribution in [0.5, 0.6) is 5.75 Å². The Bertz CT molecular complexity index is 981.